The molecule has 0 bridgehead atoms. The molecule has 0 aliphatic carbocycles. The summed E-state index contributed by atoms with van der Waals surface area (Å²) < 4.78 is 5.35. The van der Waals surface area contributed by atoms with E-state index in [9.17, 15) is 19.7 Å². The first-order valence-corrected chi connectivity index (χ1v) is 9.83. The van der Waals surface area contributed by atoms with Crippen molar-refractivity contribution in [1.82, 2.24) is 4.90 Å². The molecule has 10 nitrogen and oxygen atoms in total. The first-order chi connectivity index (χ1) is 14.9. The van der Waals surface area contributed by atoms with Crippen LogP contribution in [0.3, 0.4) is 0 Å². The van der Waals surface area contributed by atoms with Crippen LogP contribution in [0.4, 0.5) is 22.7 Å². The number of amides is 2. The highest BCUT2D eigenvalue weighted by molar-refractivity contribution is 6.03. The molecule has 0 saturated carbocycles. The number of carbonyl (C=O) groups excluding carboxylic acids is 2. The third-order valence-electron chi connectivity index (χ3n) is 4.97. The molecule has 2 N–H and O–H groups in total. The van der Waals surface area contributed by atoms with Gasteiger partial charge in [-0.1, -0.05) is 0 Å². The minimum Gasteiger partial charge on any atom is -0.387 e. The summed E-state index contributed by atoms with van der Waals surface area (Å²) in [5.74, 6) is -0.864. The van der Waals surface area contributed by atoms with E-state index in [1.165, 1.54) is 30.1 Å². The van der Waals surface area contributed by atoms with Crippen molar-refractivity contribution in [1.29, 1.82) is 0 Å². The number of rotatable bonds is 7. The molecule has 1 heterocycles. The highest BCUT2D eigenvalue weighted by atomic mass is 16.6. The summed E-state index contributed by atoms with van der Waals surface area (Å²) in [6.45, 7) is 2.84. The van der Waals surface area contributed by atoms with Gasteiger partial charge in [-0.3, -0.25) is 19.7 Å². The number of carbonyl (C=O) groups is 2. The topological polar surface area (TPSA) is 117 Å². The Morgan fingerprint density at radius 1 is 1.16 bits per heavy atom. The normalized spacial score (nSPS) is 13.4. The molecule has 10 heteroatoms. The van der Waals surface area contributed by atoms with E-state index in [4.69, 9.17) is 4.74 Å². The van der Waals surface area contributed by atoms with Crippen molar-refractivity contribution in [3.05, 3.63) is 58.1 Å². The molecule has 1 aliphatic heterocycles. The number of nitrogens with one attached hydrogen (secondary N) is 2. The molecule has 3 rings (SSSR count). The third-order valence-corrected chi connectivity index (χ3v) is 4.97. The summed E-state index contributed by atoms with van der Waals surface area (Å²) >= 11 is 0. The quantitative estimate of drug-likeness (QED) is 0.514. The van der Waals surface area contributed by atoms with Gasteiger partial charge in [-0.2, -0.15) is 0 Å². The average molecular weight is 427 g/mol. The molecule has 1 aliphatic rings. The number of non-ortho nitro benzene ring substituents is 1. The smallest absolute Gasteiger partial charge is 0.270 e. The molecule has 2 amide bonds. The maximum atomic E-state index is 12.8. The first-order valence-electron chi connectivity index (χ1n) is 9.83. The summed E-state index contributed by atoms with van der Waals surface area (Å²) in [6, 6.07) is 11.5. The van der Waals surface area contributed by atoms with Gasteiger partial charge in [-0.15, -0.1) is 0 Å². The lowest BCUT2D eigenvalue weighted by atomic mass is 10.1. The summed E-state index contributed by atoms with van der Waals surface area (Å²) in [7, 11) is 3.09. The van der Waals surface area contributed by atoms with Gasteiger partial charge in [0, 0.05) is 56.4 Å². The number of nitrogens with zero attached hydrogens (tertiary/aromatic N) is 3. The van der Waals surface area contributed by atoms with E-state index in [0.717, 1.165) is 18.8 Å². The highest BCUT2D eigenvalue weighted by Crippen LogP contribution is 2.23. The van der Waals surface area contributed by atoms with Gasteiger partial charge >= 0.3 is 0 Å². The molecule has 2 aromatic carbocycles. The molecular formula is C21H25N5O5. The Hall–Kier alpha value is -3.66. The van der Waals surface area contributed by atoms with Crippen molar-refractivity contribution in [2.24, 2.45) is 0 Å². The van der Waals surface area contributed by atoms with Gasteiger partial charge in [0.05, 0.1) is 30.2 Å². The van der Waals surface area contributed by atoms with E-state index in [-0.39, 0.29) is 23.7 Å². The van der Waals surface area contributed by atoms with Crippen LogP contribution in [0.2, 0.25) is 0 Å². The maximum absolute atomic E-state index is 12.8. The number of benzene rings is 2. The number of hydrogen-bond donors (Lipinski definition) is 2. The Morgan fingerprint density at radius 2 is 1.84 bits per heavy atom. The zero-order valence-corrected chi connectivity index (χ0v) is 17.5. The van der Waals surface area contributed by atoms with Crippen LogP contribution in [0, 0.1) is 10.1 Å². The number of nitro groups is 1. The van der Waals surface area contributed by atoms with Gasteiger partial charge in [0.15, 0.2) is 0 Å². The molecule has 0 unspecified atom stereocenters. The lowest BCUT2D eigenvalue weighted by Crippen LogP contribution is -2.36. The van der Waals surface area contributed by atoms with Gasteiger partial charge in [0.25, 0.3) is 11.6 Å². The van der Waals surface area contributed by atoms with Crippen molar-refractivity contribution in [2.45, 2.75) is 0 Å². The predicted molar refractivity (Wildman–Crippen MR) is 118 cm³/mol. The second-order valence-electron chi connectivity index (χ2n) is 7.09. The van der Waals surface area contributed by atoms with E-state index >= 15 is 0 Å². The molecule has 164 valence electrons. The van der Waals surface area contributed by atoms with Crippen molar-refractivity contribution in [3.63, 3.8) is 0 Å². The van der Waals surface area contributed by atoms with E-state index in [0.29, 0.717) is 24.6 Å². The Labute approximate surface area is 179 Å². The van der Waals surface area contributed by atoms with Gasteiger partial charge in [0.2, 0.25) is 5.91 Å². The highest BCUT2D eigenvalue weighted by Gasteiger charge is 2.21. The van der Waals surface area contributed by atoms with E-state index in [1.54, 1.807) is 7.05 Å². The molecule has 0 radical (unpaired) electrons. The summed E-state index contributed by atoms with van der Waals surface area (Å²) in [4.78, 5) is 39.1. The number of hydrogen-bond acceptors (Lipinski definition) is 7. The Bertz CT molecular complexity index is 957. The Morgan fingerprint density at radius 3 is 2.45 bits per heavy atom. The zero-order valence-electron chi connectivity index (χ0n) is 17.5. The molecule has 1 saturated heterocycles. The van der Waals surface area contributed by atoms with Gasteiger partial charge in [-0.05, 0) is 30.3 Å². The number of morpholine rings is 1. The fraction of sp³-hybridized carbons (Fsp3) is 0.333. The van der Waals surface area contributed by atoms with Crippen LogP contribution in [0.25, 0.3) is 0 Å². The van der Waals surface area contributed by atoms with E-state index in [1.807, 2.05) is 24.3 Å². The summed E-state index contributed by atoms with van der Waals surface area (Å²) in [6.07, 6.45) is 0. The van der Waals surface area contributed by atoms with Crippen LogP contribution in [-0.2, 0) is 9.53 Å². The van der Waals surface area contributed by atoms with Gasteiger partial charge in [0.1, 0.15) is 0 Å². The molecule has 2 aromatic rings. The molecule has 0 spiro atoms. The molecule has 31 heavy (non-hydrogen) atoms. The molecule has 1 fully saturated rings. The summed E-state index contributed by atoms with van der Waals surface area (Å²) in [5, 5.41) is 16.6. The molecule has 0 aromatic heterocycles. The van der Waals surface area contributed by atoms with Gasteiger partial charge in [-0.25, -0.2) is 0 Å². The van der Waals surface area contributed by atoms with Crippen molar-refractivity contribution < 1.29 is 19.2 Å². The SMILES string of the molecule is CNc1ccc([N+](=O)[O-])cc1C(=O)N(C)CC(=O)Nc1ccc(N2CCOCC2)cc1. The minimum atomic E-state index is -0.566. The number of anilines is 3. The average Bonchev–Trinajstić information content (AvgIpc) is 2.79. The number of likely N-dealkylation sites (N-methyl/N-ethyl adjacent to an activating group) is 1. The minimum absolute atomic E-state index is 0.127. The van der Waals surface area contributed by atoms with E-state index in [2.05, 4.69) is 15.5 Å². The Balaban J connectivity index is 1.62. The van der Waals surface area contributed by atoms with Crippen LogP contribution in [0.1, 0.15) is 10.4 Å². The largest absolute Gasteiger partial charge is 0.387 e. The number of nitro benzene ring substituents is 1. The van der Waals surface area contributed by atoms with Crippen LogP contribution in [0.5, 0.6) is 0 Å². The second-order valence-corrected chi connectivity index (χ2v) is 7.09. The van der Waals surface area contributed by atoms with Crippen molar-refractivity contribution >= 4 is 34.6 Å². The maximum Gasteiger partial charge on any atom is 0.270 e. The van der Waals surface area contributed by atoms with Crippen LogP contribution in [0.15, 0.2) is 42.5 Å². The lowest BCUT2D eigenvalue weighted by molar-refractivity contribution is -0.384. The monoisotopic (exact) mass is 427 g/mol. The van der Waals surface area contributed by atoms with Crippen molar-refractivity contribution in [2.75, 3.05) is 62.5 Å². The fourth-order valence-electron chi connectivity index (χ4n) is 3.31. The van der Waals surface area contributed by atoms with Crippen LogP contribution >= 0.6 is 0 Å². The third kappa shape index (κ3) is 5.48. The summed E-state index contributed by atoms with van der Waals surface area (Å²) in [5.41, 5.74) is 2.05. The first kappa shape index (κ1) is 22.0. The fourth-order valence-corrected chi connectivity index (χ4v) is 3.31. The zero-order chi connectivity index (χ0) is 22.4. The standard InChI is InChI=1S/C21H25N5O5/c1-22-19-8-7-17(26(29)30)13-18(19)21(28)24(2)14-20(27)23-15-3-5-16(6-4-15)25-9-11-31-12-10-25/h3-8,13,22H,9-12,14H2,1-2H3,(H,23,27). The molecule has 0 atom stereocenters. The van der Waals surface area contributed by atoms with E-state index < -0.39 is 10.8 Å². The predicted octanol–water partition coefficient (Wildman–Crippen LogP) is 2.18. The van der Waals surface area contributed by atoms with Gasteiger partial charge < -0.3 is 25.2 Å². The molecular weight excluding hydrogens is 402 g/mol. The lowest BCUT2D eigenvalue weighted by Gasteiger charge is -2.28. The second kappa shape index (κ2) is 9.90. The number of ether oxygens (including phenoxy) is 1. The Kier molecular flexibility index (Phi) is 7.03. The van der Waals surface area contributed by atoms with Crippen LogP contribution in [-0.4, -0.2) is 68.6 Å². The van der Waals surface area contributed by atoms with Crippen LogP contribution < -0.4 is 15.5 Å². The van der Waals surface area contributed by atoms with Crippen molar-refractivity contribution in [3.8, 4) is 0 Å².